The van der Waals surface area contributed by atoms with Crippen LogP contribution < -0.4 is 10.2 Å². The predicted molar refractivity (Wildman–Crippen MR) is 77.8 cm³/mol. The lowest BCUT2D eigenvalue weighted by atomic mass is 10.2. The molecule has 1 aromatic rings. The Labute approximate surface area is 125 Å². The van der Waals surface area contributed by atoms with Crippen LogP contribution in [0.15, 0.2) is 16.7 Å². The van der Waals surface area contributed by atoms with Gasteiger partial charge < -0.3 is 10.2 Å². The molecule has 0 aromatic carbocycles. The summed E-state index contributed by atoms with van der Waals surface area (Å²) in [6.07, 6.45) is -2.74. The Bertz CT molecular complexity index is 435. The summed E-state index contributed by atoms with van der Waals surface area (Å²) < 4.78 is 38.2. The van der Waals surface area contributed by atoms with E-state index in [0.717, 1.165) is 21.5 Å². The summed E-state index contributed by atoms with van der Waals surface area (Å²) in [5.74, 6) is 0.827. The van der Waals surface area contributed by atoms with Crippen LogP contribution in [0.3, 0.4) is 0 Å². The van der Waals surface area contributed by atoms with Crippen molar-refractivity contribution in [3.63, 3.8) is 0 Å². The van der Waals surface area contributed by atoms with E-state index < -0.39 is 12.7 Å². The van der Waals surface area contributed by atoms with Gasteiger partial charge in [-0.25, -0.2) is 4.98 Å². The minimum atomic E-state index is -4.24. The van der Waals surface area contributed by atoms with Crippen LogP contribution in [0.4, 0.5) is 19.0 Å². The molecule has 1 heterocycles. The number of hydrogen-bond acceptors (Lipinski definition) is 3. The number of rotatable bonds is 6. The molecule has 0 spiro atoms. The van der Waals surface area contributed by atoms with Gasteiger partial charge in [-0.1, -0.05) is 13.8 Å². The predicted octanol–water partition coefficient (Wildman–Crippen LogP) is 3.59. The SMILES string of the molecule is CC(C)CNCc1cc(Br)cnc1N(C)CC(F)(F)F. The van der Waals surface area contributed by atoms with E-state index in [1.54, 1.807) is 6.07 Å². The lowest BCUT2D eigenvalue weighted by molar-refractivity contribution is -0.119. The first-order valence-corrected chi connectivity index (χ1v) is 7.11. The van der Waals surface area contributed by atoms with Crippen LogP contribution in [0.25, 0.3) is 0 Å². The Kier molecular flexibility index (Phi) is 6.26. The molecule has 0 aliphatic carbocycles. The molecule has 0 amide bonds. The highest BCUT2D eigenvalue weighted by molar-refractivity contribution is 9.10. The molecule has 1 aromatic heterocycles. The lowest BCUT2D eigenvalue weighted by Crippen LogP contribution is -2.32. The fourth-order valence-corrected chi connectivity index (χ4v) is 2.17. The van der Waals surface area contributed by atoms with E-state index >= 15 is 0 Å². The molecule has 0 aliphatic rings. The summed E-state index contributed by atoms with van der Waals surface area (Å²) in [7, 11) is 1.40. The van der Waals surface area contributed by atoms with Crippen LogP contribution in [0.1, 0.15) is 19.4 Å². The third kappa shape index (κ3) is 6.09. The maximum atomic E-state index is 12.5. The van der Waals surface area contributed by atoms with Gasteiger partial charge in [-0.05, 0) is 34.5 Å². The second-order valence-electron chi connectivity index (χ2n) is 5.13. The summed E-state index contributed by atoms with van der Waals surface area (Å²) in [5.41, 5.74) is 0.742. The first-order valence-electron chi connectivity index (χ1n) is 6.32. The Morgan fingerprint density at radius 3 is 2.60 bits per heavy atom. The highest BCUT2D eigenvalue weighted by atomic mass is 79.9. The topological polar surface area (TPSA) is 28.2 Å². The molecule has 7 heteroatoms. The average Bonchev–Trinajstić information content (AvgIpc) is 2.25. The number of aromatic nitrogens is 1. The van der Waals surface area contributed by atoms with Crippen molar-refractivity contribution in [2.75, 3.05) is 25.0 Å². The number of anilines is 1. The zero-order chi connectivity index (χ0) is 15.3. The van der Waals surface area contributed by atoms with Crippen molar-refractivity contribution in [3.05, 3.63) is 22.3 Å². The molecule has 20 heavy (non-hydrogen) atoms. The molecule has 114 valence electrons. The molecule has 0 radical (unpaired) electrons. The second-order valence-corrected chi connectivity index (χ2v) is 6.05. The molecule has 0 fully saturated rings. The van der Waals surface area contributed by atoms with Crippen molar-refractivity contribution in [1.29, 1.82) is 0 Å². The molecule has 3 nitrogen and oxygen atoms in total. The van der Waals surface area contributed by atoms with Crippen molar-refractivity contribution in [2.45, 2.75) is 26.6 Å². The van der Waals surface area contributed by atoms with Crippen molar-refractivity contribution in [3.8, 4) is 0 Å². The maximum absolute atomic E-state index is 12.5. The van der Waals surface area contributed by atoms with Gasteiger partial charge in [0.2, 0.25) is 0 Å². The highest BCUT2D eigenvalue weighted by Gasteiger charge is 2.30. The highest BCUT2D eigenvalue weighted by Crippen LogP contribution is 2.24. The normalized spacial score (nSPS) is 12.0. The zero-order valence-corrected chi connectivity index (χ0v) is 13.3. The van der Waals surface area contributed by atoms with Crippen molar-refractivity contribution >= 4 is 21.7 Å². The van der Waals surface area contributed by atoms with Crippen molar-refractivity contribution in [1.82, 2.24) is 10.3 Å². The van der Waals surface area contributed by atoms with Gasteiger partial charge in [-0.15, -0.1) is 0 Å². The largest absolute Gasteiger partial charge is 0.405 e. The van der Waals surface area contributed by atoms with E-state index in [4.69, 9.17) is 0 Å². The lowest BCUT2D eigenvalue weighted by Gasteiger charge is -2.23. The van der Waals surface area contributed by atoms with Gasteiger partial charge in [0.25, 0.3) is 0 Å². The van der Waals surface area contributed by atoms with Gasteiger partial charge in [0.05, 0.1) is 0 Å². The van der Waals surface area contributed by atoms with Gasteiger partial charge in [-0.3, -0.25) is 0 Å². The zero-order valence-electron chi connectivity index (χ0n) is 11.8. The van der Waals surface area contributed by atoms with Crippen LogP contribution in [0, 0.1) is 5.92 Å². The Morgan fingerprint density at radius 2 is 2.05 bits per heavy atom. The van der Waals surface area contributed by atoms with Crippen LogP contribution in [-0.4, -0.2) is 31.3 Å². The second kappa shape index (κ2) is 7.26. The number of alkyl halides is 3. The molecule has 0 atom stereocenters. The van der Waals surface area contributed by atoms with Gasteiger partial charge in [-0.2, -0.15) is 13.2 Å². The molecule has 0 aliphatic heterocycles. The molecule has 0 saturated heterocycles. The van der Waals surface area contributed by atoms with E-state index in [0.29, 0.717) is 18.3 Å². The quantitative estimate of drug-likeness (QED) is 0.846. The molecule has 0 unspecified atom stereocenters. The van der Waals surface area contributed by atoms with E-state index in [9.17, 15) is 13.2 Å². The number of nitrogens with zero attached hydrogens (tertiary/aromatic N) is 2. The molecule has 0 saturated carbocycles. The minimum Gasteiger partial charge on any atom is -0.350 e. The van der Waals surface area contributed by atoms with Crippen molar-refractivity contribution in [2.24, 2.45) is 5.92 Å². The maximum Gasteiger partial charge on any atom is 0.405 e. The van der Waals surface area contributed by atoms with Gasteiger partial charge in [0.1, 0.15) is 12.4 Å². The number of nitrogens with one attached hydrogen (secondary N) is 1. The fraction of sp³-hybridized carbons (Fsp3) is 0.615. The summed E-state index contributed by atoms with van der Waals surface area (Å²) >= 11 is 3.30. The van der Waals surface area contributed by atoms with Crippen molar-refractivity contribution < 1.29 is 13.2 Å². The third-order valence-corrected chi connectivity index (χ3v) is 2.99. The van der Waals surface area contributed by atoms with E-state index in [1.165, 1.54) is 13.2 Å². The van der Waals surface area contributed by atoms with Gasteiger partial charge >= 0.3 is 6.18 Å². The summed E-state index contributed by atoms with van der Waals surface area (Å²) in [6, 6.07) is 1.79. The number of hydrogen-bond donors (Lipinski definition) is 1. The summed E-state index contributed by atoms with van der Waals surface area (Å²) in [5, 5.41) is 3.22. The third-order valence-electron chi connectivity index (χ3n) is 2.56. The monoisotopic (exact) mass is 353 g/mol. The first-order chi connectivity index (χ1) is 9.19. The van der Waals surface area contributed by atoms with E-state index in [-0.39, 0.29) is 0 Å². The standard InChI is InChI=1S/C13H19BrF3N3/c1-9(2)5-18-6-10-4-11(14)7-19-12(10)20(3)8-13(15,16)17/h4,7,9,18H,5-6,8H2,1-3H3. The van der Waals surface area contributed by atoms with E-state index in [1.807, 2.05) is 0 Å². The summed E-state index contributed by atoms with van der Waals surface area (Å²) in [6.45, 7) is 4.42. The molecule has 1 rings (SSSR count). The Hall–Kier alpha value is -0.820. The minimum absolute atomic E-state index is 0.349. The van der Waals surface area contributed by atoms with Crippen LogP contribution in [0.2, 0.25) is 0 Å². The number of halogens is 4. The fourth-order valence-electron chi connectivity index (χ4n) is 1.79. The van der Waals surface area contributed by atoms with Crippen LogP contribution in [-0.2, 0) is 6.54 Å². The number of pyridine rings is 1. The smallest absolute Gasteiger partial charge is 0.350 e. The molecular weight excluding hydrogens is 335 g/mol. The van der Waals surface area contributed by atoms with E-state index in [2.05, 4.69) is 40.1 Å². The molecular formula is C13H19BrF3N3. The molecule has 0 bridgehead atoms. The van der Waals surface area contributed by atoms with Gasteiger partial charge in [0.15, 0.2) is 0 Å². The van der Waals surface area contributed by atoms with Crippen LogP contribution in [0.5, 0.6) is 0 Å². The first kappa shape index (κ1) is 17.2. The average molecular weight is 354 g/mol. The van der Waals surface area contributed by atoms with Crippen LogP contribution >= 0.6 is 15.9 Å². The Morgan fingerprint density at radius 1 is 1.40 bits per heavy atom. The summed E-state index contributed by atoms with van der Waals surface area (Å²) in [4.78, 5) is 5.22. The molecule has 1 N–H and O–H groups in total. The Balaban J connectivity index is 2.83. The van der Waals surface area contributed by atoms with Gasteiger partial charge in [0, 0.05) is 29.8 Å².